The molecule has 3 nitrogen and oxygen atoms in total. The van der Waals surface area contributed by atoms with Crippen molar-refractivity contribution in [3.63, 3.8) is 0 Å². The Labute approximate surface area is 131 Å². The van der Waals surface area contributed by atoms with Crippen LogP contribution in [0.25, 0.3) is 0 Å². The molecule has 114 valence electrons. The van der Waals surface area contributed by atoms with Crippen molar-refractivity contribution in [1.29, 1.82) is 0 Å². The molecule has 0 bridgehead atoms. The summed E-state index contributed by atoms with van der Waals surface area (Å²) in [6.07, 6.45) is 8.61. The van der Waals surface area contributed by atoms with Crippen molar-refractivity contribution in [2.45, 2.75) is 37.5 Å². The number of carbonyl (C=O) groups is 1. The molecule has 0 radical (unpaired) electrons. The van der Waals surface area contributed by atoms with Gasteiger partial charge in [-0.15, -0.1) is 0 Å². The van der Waals surface area contributed by atoms with E-state index in [-0.39, 0.29) is 11.3 Å². The zero-order chi connectivity index (χ0) is 15.3. The number of nitrogens with one attached hydrogen (secondary N) is 1. The summed E-state index contributed by atoms with van der Waals surface area (Å²) in [5, 5.41) is 3.15. The number of amides is 1. The van der Waals surface area contributed by atoms with Crippen LogP contribution < -0.4 is 5.32 Å². The topological polar surface area (TPSA) is 42.0 Å². The molecule has 22 heavy (non-hydrogen) atoms. The molecule has 1 fully saturated rings. The third kappa shape index (κ3) is 3.03. The van der Waals surface area contributed by atoms with Gasteiger partial charge in [-0.1, -0.05) is 43.2 Å². The minimum atomic E-state index is -0.320. The standard InChI is InChI=1S/C19H22N2O/c22-18(21-15-10-16-8-13-20-14-9-16)19(11-4-5-12-19)17-6-2-1-3-7-17/h1-3,6-9,13-14H,4-5,10-12,15H2,(H,21,22). The molecule has 0 spiro atoms. The van der Waals surface area contributed by atoms with Gasteiger partial charge in [-0.25, -0.2) is 0 Å². The van der Waals surface area contributed by atoms with Crippen molar-refractivity contribution >= 4 is 5.91 Å². The molecule has 1 N–H and O–H groups in total. The summed E-state index contributed by atoms with van der Waals surface area (Å²) in [5.41, 5.74) is 2.05. The summed E-state index contributed by atoms with van der Waals surface area (Å²) >= 11 is 0. The van der Waals surface area contributed by atoms with E-state index in [1.54, 1.807) is 12.4 Å². The Hall–Kier alpha value is -2.16. The number of benzene rings is 1. The Balaban J connectivity index is 1.66. The van der Waals surface area contributed by atoms with Crippen LogP contribution in [0.3, 0.4) is 0 Å². The Morgan fingerprint density at radius 1 is 1.05 bits per heavy atom. The Kier molecular flexibility index (Phi) is 4.52. The van der Waals surface area contributed by atoms with Gasteiger partial charge >= 0.3 is 0 Å². The van der Waals surface area contributed by atoms with E-state index < -0.39 is 0 Å². The van der Waals surface area contributed by atoms with Crippen LogP contribution in [0.15, 0.2) is 54.9 Å². The van der Waals surface area contributed by atoms with Gasteiger partial charge in [0.1, 0.15) is 0 Å². The lowest BCUT2D eigenvalue weighted by Gasteiger charge is -2.28. The molecule has 3 heteroatoms. The maximum atomic E-state index is 12.8. The molecule has 0 saturated heterocycles. The van der Waals surface area contributed by atoms with Gasteiger partial charge in [-0.05, 0) is 42.5 Å². The van der Waals surface area contributed by atoms with Crippen LogP contribution in [-0.4, -0.2) is 17.4 Å². The summed E-state index contributed by atoms with van der Waals surface area (Å²) in [4.78, 5) is 16.8. The smallest absolute Gasteiger partial charge is 0.230 e. The first-order valence-electron chi connectivity index (χ1n) is 8.04. The monoisotopic (exact) mass is 294 g/mol. The zero-order valence-electron chi connectivity index (χ0n) is 12.8. The minimum absolute atomic E-state index is 0.185. The molecule has 0 atom stereocenters. The van der Waals surface area contributed by atoms with Gasteiger partial charge in [0.15, 0.2) is 0 Å². The van der Waals surface area contributed by atoms with Crippen molar-refractivity contribution in [2.75, 3.05) is 6.54 Å². The van der Waals surface area contributed by atoms with Crippen LogP contribution in [0.1, 0.15) is 36.8 Å². The van der Waals surface area contributed by atoms with Gasteiger partial charge in [0, 0.05) is 18.9 Å². The van der Waals surface area contributed by atoms with Gasteiger partial charge < -0.3 is 5.32 Å². The molecule has 1 amide bonds. The van der Waals surface area contributed by atoms with E-state index in [0.29, 0.717) is 6.54 Å². The molecule has 1 heterocycles. The lowest BCUT2D eigenvalue weighted by atomic mass is 9.78. The molecule has 0 aliphatic heterocycles. The molecule has 0 unspecified atom stereocenters. The highest BCUT2D eigenvalue weighted by molar-refractivity contribution is 5.88. The Bertz CT molecular complexity index is 604. The Morgan fingerprint density at radius 2 is 1.73 bits per heavy atom. The first kappa shape index (κ1) is 14.8. The molecule has 1 saturated carbocycles. The van der Waals surface area contributed by atoms with Crippen molar-refractivity contribution < 1.29 is 4.79 Å². The summed E-state index contributed by atoms with van der Waals surface area (Å²) in [6, 6.07) is 14.2. The largest absolute Gasteiger partial charge is 0.355 e. The van der Waals surface area contributed by atoms with Gasteiger partial charge in [0.05, 0.1) is 5.41 Å². The van der Waals surface area contributed by atoms with Crippen LogP contribution >= 0.6 is 0 Å². The maximum Gasteiger partial charge on any atom is 0.230 e. The summed E-state index contributed by atoms with van der Waals surface area (Å²) in [7, 11) is 0. The summed E-state index contributed by atoms with van der Waals surface area (Å²) in [6.45, 7) is 0.678. The van der Waals surface area contributed by atoms with Crippen LogP contribution in [0.5, 0.6) is 0 Å². The number of pyridine rings is 1. The predicted octanol–water partition coefficient (Wildman–Crippen LogP) is 3.25. The molecular weight excluding hydrogens is 272 g/mol. The van der Waals surface area contributed by atoms with Crippen molar-refractivity contribution in [1.82, 2.24) is 10.3 Å². The predicted molar refractivity (Wildman–Crippen MR) is 87.5 cm³/mol. The Morgan fingerprint density at radius 3 is 2.41 bits per heavy atom. The molecule has 2 aromatic rings. The molecular formula is C19H22N2O. The highest BCUT2D eigenvalue weighted by Gasteiger charge is 2.42. The fourth-order valence-corrected chi connectivity index (χ4v) is 3.42. The van der Waals surface area contributed by atoms with E-state index in [4.69, 9.17) is 0 Å². The third-order valence-corrected chi connectivity index (χ3v) is 4.67. The van der Waals surface area contributed by atoms with E-state index >= 15 is 0 Å². The molecule has 1 aliphatic carbocycles. The summed E-state index contributed by atoms with van der Waals surface area (Å²) < 4.78 is 0. The van der Waals surface area contributed by atoms with E-state index in [9.17, 15) is 4.79 Å². The van der Waals surface area contributed by atoms with Gasteiger partial charge in [-0.3, -0.25) is 9.78 Å². The number of carbonyl (C=O) groups excluding carboxylic acids is 1. The molecule has 1 aromatic heterocycles. The van der Waals surface area contributed by atoms with E-state index in [1.807, 2.05) is 30.3 Å². The SMILES string of the molecule is O=C(NCCc1ccncc1)C1(c2ccccc2)CCCC1. The lowest BCUT2D eigenvalue weighted by Crippen LogP contribution is -2.43. The number of hydrogen-bond donors (Lipinski definition) is 1. The molecule has 3 rings (SSSR count). The average molecular weight is 294 g/mol. The molecule has 1 aromatic carbocycles. The highest BCUT2D eigenvalue weighted by Crippen LogP contribution is 2.41. The van der Waals surface area contributed by atoms with Gasteiger partial charge in [-0.2, -0.15) is 0 Å². The number of aromatic nitrogens is 1. The zero-order valence-corrected chi connectivity index (χ0v) is 12.8. The van der Waals surface area contributed by atoms with Crippen LogP contribution in [0.4, 0.5) is 0 Å². The first-order valence-corrected chi connectivity index (χ1v) is 8.04. The van der Waals surface area contributed by atoms with Crippen molar-refractivity contribution in [3.05, 3.63) is 66.0 Å². The molecule has 1 aliphatic rings. The fraction of sp³-hybridized carbons (Fsp3) is 0.368. The fourth-order valence-electron chi connectivity index (χ4n) is 3.42. The second-order valence-corrected chi connectivity index (χ2v) is 6.02. The number of hydrogen-bond acceptors (Lipinski definition) is 2. The minimum Gasteiger partial charge on any atom is -0.355 e. The van der Waals surface area contributed by atoms with Crippen LogP contribution in [-0.2, 0) is 16.6 Å². The quantitative estimate of drug-likeness (QED) is 0.919. The van der Waals surface area contributed by atoms with E-state index in [0.717, 1.165) is 37.7 Å². The number of rotatable bonds is 5. The lowest BCUT2D eigenvalue weighted by molar-refractivity contribution is -0.126. The van der Waals surface area contributed by atoms with Gasteiger partial charge in [0.2, 0.25) is 5.91 Å². The first-order chi connectivity index (χ1) is 10.8. The number of nitrogens with zero attached hydrogens (tertiary/aromatic N) is 1. The van der Waals surface area contributed by atoms with Gasteiger partial charge in [0.25, 0.3) is 0 Å². The van der Waals surface area contributed by atoms with Crippen molar-refractivity contribution in [2.24, 2.45) is 0 Å². The second-order valence-electron chi connectivity index (χ2n) is 6.02. The second kappa shape index (κ2) is 6.73. The van der Waals surface area contributed by atoms with Crippen LogP contribution in [0, 0.1) is 0 Å². The average Bonchev–Trinajstić information content (AvgIpc) is 3.08. The summed E-state index contributed by atoms with van der Waals surface area (Å²) in [5.74, 6) is 0.185. The highest BCUT2D eigenvalue weighted by atomic mass is 16.2. The van der Waals surface area contributed by atoms with Crippen molar-refractivity contribution in [3.8, 4) is 0 Å². The van der Waals surface area contributed by atoms with E-state index in [1.165, 1.54) is 5.56 Å². The van der Waals surface area contributed by atoms with Crippen LogP contribution in [0.2, 0.25) is 0 Å². The normalized spacial score (nSPS) is 16.4. The van der Waals surface area contributed by atoms with E-state index in [2.05, 4.69) is 22.4 Å². The third-order valence-electron chi connectivity index (χ3n) is 4.67. The maximum absolute atomic E-state index is 12.8.